The molecule has 432 valence electrons. The van der Waals surface area contributed by atoms with Gasteiger partial charge in [0.2, 0.25) is 0 Å². The first kappa shape index (κ1) is 71.6. The Morgan fingerprint density at radius 2 is 0.547 bits per heavy atom. The normalized spacial score (nSPS) is 12.6. The smallest absolute Gasteiger partial charge is 0.306 e. The topological polar surface area (TPSA) is 78.9 Å². The highest BCUT2D eigenvalue weighted by Gasteiger charge is 2.19. The molecule has 0 heterocycles. The van der Waals surface area contributed by atoms with E-state index in [-0.39, 0.29) is 37.5 Å². The highest BCUT2D eigenvalue weighted by Crippen LogP contribution is 2.17. The summed E-state index contributed by atoms with van der Waals surface area (Å²) in [5.74, 6) is -0.974. The van der Waals surface area contributed by atoms with Crippen LogP contribution in [0.5, 0.6) is 0 Å². The van der Waals surface area contributed by atoms with E-state index < -0.39 is 6.10 Å². The van der Waals surface area contributed by atoms with Crippen LogP contribution in [0.3, 0.4) is 0 Å². The van der Waals surface area contributed by atoms with Gasteiger partial charge >= 0.3 is 17.9 Å². The maximum atomic E-state index is 12.8. The second-order valence-corrected chi connectivity index (χ2v) is 21.3. The number of rotatable bonds is 58. The summed E-state index contributed by atoms with van der Waals surface area (Å²) in [6.45, 7) is 6.46. The van der Waals surface area contributed by atoms with Crippen LogP contribution in [0.15, 0.2) is 85.1 Å². The van der Waals surface area contributed by atoms with Crippen LogP contribution < -0.4 is 0 Å². The minimum absolute atomic E-state index is 0.101. The van der Waals surface area contributed by atoms with E-state index in [1.54, 1.807) is 0 Å². The molecule has 0 amide bonds. The number of esters is 3. The minimum atomic E-state index is -0.811. The van der Waals surface area contributed by atoms with E-state index in [4.69, 9.17) is 14.2 Å². The molecule has 0 aromatic carbocycles. The van der Waals surface area contributed by atoms with Crippen molar-refractivity contribution in [3.05, 3.63) is 85.1 Å². The van der Waals surface area contributed by atoms with Crippen molar-refractivity contribution in [2.45, 2.75) is 322 Å². The number of hydrogen-bond acceptors (Lipinski definition) is 6. The van der Waals surface area contributed by atoms with Gasteiger partial charge in [0.05, 0.1) is 0 Å². The fraction of sp³-hybridized carbons (Fsp3) is 0.754. The molecule has 6 heteroatoms. The Labute approximate surface area is 465 Å². The lowest BCUT2D eigenvalue weighted by atomic mass is 10.0. The van der Waals surface area contributed by atoms with E-state index in [1.165, 1.54) is 193 Å². The number of hydrogen-bond donors (Lipinski definition) is 0. The van der Waals surface area contributed by atoms with Crippen molar-refractivity contribution in [2.75, 3.05) is 13.2 Å². The molecule has 0 aliphatic rings. The fourth-order valence-corrected chi connectivity index (χ4v) is 9.11. The highest BCUT2D eigenvalue weighted by atomic mass is 16.6. The molecule has 0 aliphatic heterocycles. The molecule has 0 aliphatic carbocycles. The summed E-state index contributed by atoms with van der Waals surface area (Å²) in [6.07, 6.45) is 83.5. The first-order valence-electron chi connectivity index (χ1n) is 32.1. The van der Waals surface area contributed by atoms with Crippen molar-refractivity contribution in [1.29, 1.82) is 0 Å². The molecular weight excluding hydrogens is 925 g/mol. The van der Waals surface area contributed by atoms with Gasteiger partial charge < -0.3 is 14.2 Å². The highest BCUT2D eigenvalue weighted by molar-refractivity contribution is 5.71. The molecule has 0 fully saturated rings. The van der Waals surface area contributed by atoms with E-state index in [0.717, 1.165) is 77.0 Å². The molecule has 1 unspecified atom stereocenters. The molecule has 0 saturated heterocycles. The van der Waals surface area contributed by atoms with Gasteiger partial charge in [-0.2, -0.15) is 0 Å². The fourth-order valence-electron chi connectivity index (χ4n) is 9.11. The van der Waals surface area contributed by atoms with E-state index in [2.05, 4.69) is 99.8 Å². The molecule has 0 spiro atoms. The Bertz CT molecular complexity index is 1430. The Morgan fingerprint density at radius 3 is 0.867 bits per heavy atom. The van der Waals surface area contributed by atoms with Gasteiger partial charge in [0.1, 0.15) is 13.2 Å². The van der Waals surface area contributed by atoms with Crippen LogP contribution in [0, 0.1) is 0 Å². The summed E-state index contributed by atoms with van der Waals surface area (Å²) in [5.41, 5.74) is 0. The zero-order chi connectivity index (χ0) is 54.3. The minimum Gasteiger partial charge on any atom is -0.462 e. The van der Waals surface area contributed by atoms with E-state index in [1.807, 2.05) is 6.08 Å². The molecule has 6 nitrogen and oxygen atoms in total. The van der Waals surface area contributed by atoms with Crippen molar-refractivity contribution in [3.63, 3.8) is 0 Å². The van der Waals surface area contributed by atoms with Crippen LogP contribution in [0.2, 0.25) is 0 Å². The lowest BCUT2D eigenvalue weighted by molar-refractivity contribution is -0.166. The predicted octanol–water partition coefficient (Wildman–Crippen LogP) is 21.9. The first-order chi connectivity index (χ1) is 37.0. The zero-order valence-electron chi connectivity index (χ0n) is 49.6. The molecular formula is C69H120O6. The number of unbranched alkanes of at least 4 members (excludes halogenated alkanes) is 33. The number of carbonyl (C=O) groups excluding carboxylic acids is 3. The standard InChI is InChI=1S/C69H120O6/c1-4-7-10-13-16-19-22-24-25-26-27-28-29-30-31-32-33-34-35-36-37-38-39-40-41-42-43-45-47-50-53-56-59-62-68(71)74-65-66(64-73-67(70)61-58-55-52-49-46-21-18-15-12-9-6-3)75-69(72)63-60-57-54-51-48-44-23-20-17-14-11-8-5-2/h8,11,17,20,22,24,26-27,29-30,44,48,54,57,66H,4-7,9-10,12-16,18-19,21,23,25,28,31-43,45-47,49-53,55-56,58-65H2,1-3H3/b11-8-,20-17-,24-22-,27-26-,30-29-,48-44-,57-54-. The average Bonchev–Trinajstić information content (AvgIpc) is 3.41. The first-order valence-corrected chi connectivity index (χ1v) is 32.1. The lowest BCUT2D eigenvalue weighted by Crippen LogP contribution is -2.30. The van der Waals surface area contributed by atoms with Gasteiger partial charge in [0.15, 0.2) is 6.10 Å². The third-order valence-electron chi connectivity index (χ3n) is 13.9. The Hall–Kier alpha value is -3.41. The molecule has 0 rings (SSSR count). The van der Waals surface area contributed by atoms with Gasteiger partial charge in [0.25, 0.3) is 0 Å². The van der Waals surface area contributed by atoms with Gasteiger partial charge in [-0.05, 0) is 83.5 Å². The van der Waals surface area contributed by atoms with Crippen LogP contribution in [-0.2, 0) is 28.6 Å². The molecule has 0 radical (unpaired) electrons. The van der Waals surface area contributed by atoms with Crippen molar-refractivity contribution in [2.24, 2.45) is 0 Å². The van der Waals surface area contributed by atoms with E-state index in [9.17, 15) is 14.4 Å². The number of allylic oxidation sites excluding steroid dienone is 14. The molecule has 0 N–H and O–H groups in total. The summed E-state index contributed by atoms with van der Waals surface area (Å²) >= 11 is 0. The van der Waals surface area contributed by atoms with Crippen LogP contribution in [0.1, 0.15) is 316 Å². The summed E-state index contributed by atoms with van der Waals surface area (Å²) < 4.78 is 16.8. The van der Waals surface area contributed by atoms with Crippen LogP contribution in [-0.4, -0.2) is 37.2 Å². The van der Waals surface area contributed by atoms with Gasteiger partial charge in [-0.15, -0.1) is 0 Å². The second-order valence-electron chi connectivity index (χ2n) is 21.3. The molecule has 0 saturated carbocycles. The van der Waals surface area contributed by atoms with Gasteiger partial charge in [-0.1, -0.05) is 298 Å². The van der Waals surface area contributed by atoms with Gasteiger partial charge in [0, 0.05) is 19.3 Å². The number of ether oxygens (including phenoxy) is 3. The van der Waals surface area contributed by atoms with Crippen LogP contribution in [0.25, 0.3) is 0 Å². The van der Waals surface area contributed by atoms with Gasteiger partial charge in [-0.3, -0.25) is 14.4 Å². The third kappa shape index (κ3) is 61.3. The Morgan fingerprint density at radius 1 is 0.280 bits per heavy atom. The quantitative estimate of drug-likeness (QED) is 0.0261. The molecule has 0 aromatic heterocycles. The van der Waals surface area contributed by atoms with E-state index in [0.29, 0.717) is 19.3 Å². The molecule has 1 atom stereocenters. The van der Waals surface area contributed by atoms with Crippen LogP contribution >= 0.6 is 0 Å². The second kappa shape index (κ2) is 63.1. The van der Waals surface area contributed by atoms with E-state index >= 15 is 0 Å². The van der Waals surface area contributed by atoms with Gasteiger partial charge in [-0.25, -0.2) is 0 Å². The SMILES string of the molecule is CC/C=C\C/C=C\C/C=C\C/C=C\CCC(=O)OC(COC(=O)CCCCCCCCCCCCC)COC(=O)CCCCCCCCCCCCCCCCCCCC/C=C\C/C=C\C/C=C\CCCCCCC. The maximum absolute atomic E-state index is 12.8. The summed E-state index contributed by atoms with van der Waals surface area (Å²) in [4.78, 5) is 38.1. The molecule has 0 aromatic rings. The number of carbonyl (C=O) groups is 3. The van der Waals surface area contributed by atoms with Crippen molar-refractivity contribution < 1.29 is 28.6 Å². The monoisotopic (exact) mass is 1040 g/mol. The predicted molar refractivity (Wildman–Crippen MR) is 325 cm³/mol. The summed E-state index contributed by atoms with van der Waals surface area (Å²) in [7, 11) is 0. The van der Waals surface area contributed by atoms with Crippen molar-refractivity contribution >= 4 is 17.9 Å². The summed E-state index contributed by atoms with van der Waals surface area (Å²) in [5, 5.41) is 0. The zero-order valence-corrected chi connectivity index (χ0v) is 49.6. The third-order valence-corrected chi connectivity index (χ3v) is 13.9. The Kier molecular flexibility index (Phi) is 60.3. The lowest BCUT2D eigenvalue weighted by Gasteiger charge is -2.18. The maximum Gasteiger partial charge on any atom is 0.306 e. The average molecular weight is 1050 g/mol. The molecule has 0 bridgehead atoms. The summed E-state index contributed by atoms with van der Waals surface area (Å²) in [6, 6.07) is 0. The van der Waals surface area contributed by atoms with Crippen molar-refractivity contribution in [3.8, 4) is 0 Å². The molecule has 75 heavy (non-hydrogen) atoms. The van der Waals surface area contributed by atoms with Crippen molar-refractivity contribution in [1.82, 2.24) is 0 Å². The van der Waals surface area contributed by atoms with Crippen LogP contribution in [0.4, 0.5) is 0 Å². The largest absolute Gasteiger partial charge is 0.462 e. The Balaban J connectivity index is 4.10.